The lowest BCUT2D eigenvalue weighted by Gasteiger charge is -2.14. The van der Waals surface area contributed by atoms with Crippen LogP contribution in [-0.4, -0.2) is 42.5 Å². The first kappa shape index (κ1) is 22.2. The highest BCUT2D eigenvalue weighted by Gasteiger charge is 2.26. The van der Waals surface area contributed by atoms with E-state index in [1.54, 1.807) is 48.5 Å². The van der Waals surface area contributed by atoms with Crippen molar-refractivity contribution in [3.05, 3.63) is 64.7 Å². The third-order valence-electron chi connectivity index (χ3n) is 4.00. The number of carbonyl (C=O) groups excluding carboxylic acids is 1. The van der Waals surface area contributed by atoms with Crippen LogP contribution in [0.4, 0.5) is 5.13 Å². The average Bonchev–Trinajstić information content (AvgIpc) is 3.19. The molecule has 0 aliphatic heterocycles. The topological polar surface area (TPSA) is 101 Å². The van der Waals surface area contributed by atoms with E-state index in [4.69, 9.17) is 16.3 Å². The van der Waals surface area contributed by atoms with Crippen molar-refractivity contribution in [2.24, 2.45) is 0 Å². The van der Waals surface area contributed by atoms with E-state index in [-0.39, 0.29) is 16.0 Å². The van der Waals surface area contributed by atoms with Gasteiger partial charge in [0, 0.05) is 24.2 Å². The van der Waals surface area contributed by atoms with Crippen molar-refractivity contribution in [2.75, 3.05) is 19.0 Å². The van der Waals surface area contributed by atoms with Crippen LogP contribution in [0.15, 0.2) is 52.9 Å². The predicted molar refractivity (Wildman–Crippen MR) is 116 cm³/mol. The van der Waals surface area contributed by atoms with Crippen LogP contribution in [0.1, 0.15) is 22.8 Å². The molecule has 1 amide bonds. The van der Waals surface area contributed by atoms with Crippen molar-refractivity contribution in [1.82, 2.24) is 14.5 Å². The number of sulfonamides is 1. The van der Waals surface area contributed by atoms with Crippen molar-refractivity contribution in [1.29, 1.82) is 0 Å². The highest BCUT2D eigenvalue weighted by molar-refractivity contribution is 7.91. The van der Waals surface area contributed by atoms with E-state index in [1.165, 1.54) is 7.05 Å². The van der Waals surface area contributed by atoms with Gasteiger partial charge >= 0.3 is 0 Å². The molecule has 30 heavy (non-hydrogen) atoms. The van der Waals surface area contributed by atoms with Crippen LogP contribution in [0.2, 0.25) is 5.02 Å². The fourth-order valence-corrected chi connectivity index (χ4v) is 4.84. The fraction of sp³-hybridized carbons (Fsp3) is 0.211. The molecule has 1 N–H and O–H groups in total. The third-order valence-corrected chi connectivity index (χ3v) is 7.24. The molecule has 1 aromatic heterocycles. The molecule has 0 bridgehead atoms. The first-order chi connectivity index (χ1) is 14.3. The van der Waals surface area contributed by atoms with Gasteiger partial charge in [-0.25, -0.2) is 8.42 Å². The molecule has 0 saturated heterocycles. The number of hydrogen-bond acceptors (Lipinski definition) is 7. The van der Waals surface area contributed by atoms with E-state index >= 15 is 0 Å². The molecule has 0 unspecified atom stereocenters. The van der Waals surface area contributed by atoms with Gasteiger partial charge < -0.3 is 4.74 Å². The Kier molecular flexibility index (Phi) is 7.03. The summed E-state index contributed by atoms with van der Waals surface area (Å²) in [6.07, 6.45) is 0. The summed E-state index contributed by atoms with van der Waals surface area (Å²) in [7, 11) is -2.41. The van der Waals surface area contributed by atoms with Crippen LogP contribution in [0.5, 0.6) is 5.75 Å². The van der Waals surface area contributed by atoms with Gasteiger partial charge in [0.25, 0.3) is 15.9 Å². The minimum absolute atomic E-state index is 0.0901. The van der Waals surface area contributed by atoms with Gasteiger partial charge in [-0.15, -0.1) is 10.2 Å². The van der Waals surface area contributed by atoms with E-state index in [0.29, 0.717) is 22.9 Å². The van der Waals surface area contributed by atoms with Crippen molar-refractivity contribution in [3.8, 4) is 5.75 Å². The highest BCUT2D eigenvalue weighted by atomic mass is 35.5. The van der Waals surface area contributed by atoms with Crippen molar-refractivity contribution >= 4 is 44.0 Å². The van der Waals surface area contributed by atoms with Crippen LogP contribution in [-0.2, 0) is 16.6 Å². The minimum atomic E-state index is -3.86. The van der Waals surface area contributed by atoms with Gasteiger partial charge in [-0.1, -0.05) is 35.1 Å². The lowest BCUT2D eigenvalue weighted by atomic mass is 10.2. The number of anilines is 1. The van der Waals surface area contributed by atoms with Crippen LogP contribution in [0, 0.1) is 0 Å². The number of aromatic nitrogens is 2. The van der Waals surface area contributed by atoms with Crippen LogP contribution >= 0.6 is 22.9 Å². The van der Waals surface area contributed by atoms with Crippen molar-refractivity contribution < 1.29 is 17.9 Å². The lowest BCUT2D eigenvalue weighted by Crippen LogP contribution is -2.26. The minimum Gasteiger partial charge on any atom is -0.494 e. The number of rotatable bonds is 8. The van der Waals surface area contributed by atoms with Gasteiger partial charge in [-0.2, -0.15) is 4.31 Å². The number of nitrogens with one attached hydrogen (secondary N) is 1. The molecule has 11 heteroatoms. The van der Waals surface area contributed by atoms with Crippen molar-refractivity contribution in [2.45, 2.75) is 17.8 Å². The quantitative estimate of drug-likeness (QED) is 0.508. The van der Waals surface area contributed by atoms with Gasteiger partial charge in [0.1, 0.15) is 5.75 Å². The second-order valence-corrected chi connectivity index (χ2v) is 9.80. The van der Waals surface area contributed by atoms with E-state index in [0.717, 1.165) is 21.2 Å². The number of hydrogen-bond donors (Lipinski definition) is 1. The van der Waals surface area contributed by atoms with E-state index in [1.807, 2.05) is 6.92 Å². The second-order valence-electron chi connectivity index (χ2n) is 6.17. The molecule has 0 fully saturated rings. The molecule has 3 aromatic rings. The number of benzene rings is 2. The average molecular weight is 467 g/mol. The zero-order valence-corrected chi connectivity index (χ0v) is 18.6. The summed E-state index contributed by atoms with van der Waals surface area (Å²) in [5, 5.41) is 10.7. The van der Waals surface area contributed by atoms with Gasteiger partial charge in [0.15, 0.2) is 0 Å². The monoisotopic (exact) mass is 466 g/mol. The van der Waals surface area contributed by atoms with Gasteiger partial charge in [0.05, 0.1) is 6.61 Å². The highest BCUT2D eigenvalue weighted by Crippen LogP contribution is 2.24. The Bertz CT molecular complexity index is 1120. The largest absolute Gasteiger partial charge is 0.494 e. The Morgan fingerprint density at radius 3 is 2.43 bits per heavy atom. The summed E-state index contributed by atoms with van der Waals surface area (Å²) in [5.41, 5.74) is 1.16. The maximum atomic E-state index is 12.8. The van der Waals surface area contributed by atoms with Crippen molar-refractivity contribution in [3.63, 3.8) is 0 Å². The Labute approximate surface area is 183 Å². The Balaban J connectivity index is 1.68. The molecule has 1 heterocycles. The van der Waals surface area contributed by atoms with Gasteiger partial charge in [-0.3, -0.25) is 10.1 Å². The molecule has 3 rings (SSSR count). The maximum absolute atomic E-state index is 12.8. The Hall–Kier alpha value is -2.53. The number of carbonyl (C=O) groups is 1. The zero-order valence-electron chi connectivity index (χ0n) is 16.2. The summed E-state index contributed by atoms with van der Waals surface area (Å²) in [6.45, 7) is 2.54. The molecule has 0 aliphatic carbocycles. The summed E-state index contributed by atoms with van der Waals surface area (Å²) < 4.78 is 31.8. The number of nitrogens with zero attached hydrogens (tertiary/aromatic N) is 3. The molecule has 0 aliphatic rings. The SMILES string of the molecule is CCOc1ccc(C(=O)Nc2nnc(S(=O)(=O)N(C)Cc3ccc(Cl)cc3)s2)cc1. The Morgan fingerprint density at radius 2 is 1.80 bits per heavy atom. The molecular formula is C19H19ClN4O4S2. The molecule has 8 nitrogen and oxygen atoms in total. The normalized spacial score (nSPS) is 11.5. The predicted octanol–water partition coefficient (Wildman–Crippen LogP) is 3.66. The fourth-order valence-electron chi connectivity index (χ4n) is 2.47. The molecular weight excluding hydrogens is 448 g/mol. The first-order valence-corrected chi connectivity index (χ1v) is 11.5. The molecule has 0 radical (unpaired) electrons. The molecule has 0 saturated carbocycles. The molecule has 158 valence electrons. The second kappa shape index (κ2) is 9.52. The van der Waals surface area contributed by atoms with Gasteiger partial charge in [0.2, 0.25) is 9.47 Å². The van der Waals surface area contributed by atoms with Crippen LogP contribution in [0.25, 0.3) is 0 Å². The summed E-state index contributed by atoms with van der Waals surface area (Å²) in [6, 6.07) is 13.5. The van der Waals surface area contributed by atoms with Crippen LogP contribution < -0.4 is 10.1 Å². The summed E-state index contributed by atoms with van der Waals surface area (Å²) >= 11 is 6.64. The Morgan fingerprint density at radius 1 is 1.13 bits per heavy atom. The van der Waals surface area contributed by atoms with E-state index in [2.05, 4.69) is 15.5 Å². The third kappa shape index (κ3) is 5.33. The first-order valence-electron chi connectivity index (χ1n) is 8.88. The number of halogens is 1. The molecule has 0 atom stereocenters. The number of amides is 1. The van der Waals surface area contributed by atoms with Gasteiger partial charge in [-0.05, 0) is 48.9 Å². The zero-order chi connectivity index (χ0) is 21.7. The smallest absolute Gasteiger partial charge is 0.272 e. The standard InChI is InChI=1S/C19H19ClN4O4S2/c1-3-28-16-10-6-14(7-11-16)17(25)21-18-22-23-19(29-18)30(26,27)24(2)12-13-4-8-15(20)9-5-13/h4-11H,3,12H2,1-2H3,(H,21,22,25). The van der Waals surface area contributed by atoms with Crippen LogP contribution in [0.3, 0.4) is 0 Å². The van der Waals surface area contributed by atoms with E-state index < -0.39 is 15.9 Å². The molecule has 0 spiro atoms. The molecule has 2 aromatic carbocycles. The summed E-state index contributed by atoms with van der Waals surface area (Å²) in [5.74, 6) is 0.231. The summed E-state index contributed by atoms with van der Waals surface area (Å²) in [4.78, 5) is 12.4. The number of ether oxygens (including phenoxy) is 1. The van der Waals surface area contributed by atoms with E-state index in [9.17, 15) is 13.2 Å². The maximum Gasteiger partial charge on any atom is 0.272 e. The lowest BCUT2D eigenvalue weighted by molar-refractivity contribution is 0.102.